The van der Waals surface area contributed by atoms with Crippen molar-refractivity contribution in [2.45, 2.75) is 26.2 Å². The van der Waals surface area contributed by atoms with Gasteiger partial charge in [0.2, 0.25) is 0 Å². The number of benzene rings is 2. The molecular formula is C22H24ClN3O3. The molecule has 3 aromatic rings. The fourth-order valence-electron chi connectivity index (χ4n) is 2.99. The topological polar surface area (TPSA) is 65.4 Å². The van der Waals surface area contributed by atoms with E-state index in [2.05, 4.69) is 17.3 Å². The summed E-state index contributed by atoms with van der Waals surface area (Å²) in [5, 5.41) is 7.83. The number of carbonyl (C=O) groups is 1. The van der Waals surface area contributed by atoms with Crippen LogP contribution < -0.4 is 14.8 Å². The molecule has 7 heteroatoms. The summed E-state index contributed by atoms with van der Waals surface area (Å²) in [4.78, 5) is 12.3. The molecule has 0 atom stereocenters. The summed E-state index contributed by atoms with van der Waals surface area (Å²) in [5.41, 5.74) is 2.79. The molecule has 0 aliphatic rings. The lowest BCUT2D eigenvalue weighted by Crippen LogP contribution is -2.29. The smallest absolute Gasteiger partial charge is 0.412 e. The maximum atomic E-state index is 12.3. The van der Waals surface area contributed by atoms with Crippen molar-refractivity contribution >= 4 is 17.7 Å². The molecule has 0 fully saturated rings. The molecule has 29 heavy (non-hydrogen) atoms. The first-order valence-electron chi connectivity index (χ1n) is 9.52. The van der Waals surface area contributed by atoms with Gasteiger partial charge in [0.15, 0.2) is 5.75 Å². The second-order valence-electron chi connectivity index (χ2n) is 6.51. The molecule has 0 saturated carbocycles. The van der Waals surface area contributed by atoms with Gasteiger partial charge in [0.05, 0.1) is 24.7 Å². The van der Waals surface area contributed by atoms with Crippen LogP contribution in [0.5, 0.6) is 11.5 Å². The molecule has 1 aromatic heterocycles. The van der Waals surface area contributed by atoms with Crippen molar-refractivity contribution in [3.63, 3.8) is 0 Å². The highest BCUT2D eigenvalue weighted by Gasteiger charge is 2.16. The standard InChI is InChI=1S/C22H24ClN3O3/c1-3-5-20-21(15-25-26(20)18-10-8-17(23)9-11-18)29-22(27)24-13-12-16-6-4-7-19(14-16)28-2/h4,6-11,14-15H,3,5,12-13H2,1-2H3,(H,24,27). The Morgan fingerprint density at radius 2 is 1.97 bits per heavy atom. The van der Waals surface area contributed by atoms with Gasteiger partial charge in [-0.05, 0) is 54.8 Å². The molecule has 1 amide bonds. The number of hydrogen-bond acceptors (Lipinski definition) is 4. The van der Waals surface area contributed by atoms with Gasteiger partial charge in [-0.1, -0.05) is 37.1 Å². The fourth-order valence-corrected chi connectivity index (χ4v) is 3.11. The van der Waals surface area contributed by atoms with E-state index in [1.54, 1.807) is 30.1 Å². The maximum Gasteiger partial charge on any atom is 0.412 e. The number of ether oxygens (including phenoxy) is 2. The van der Waals surface area contributed by atoms with Gasteiger partial charge in [0, 0.05) is 11.6 Å². The summed E-state index contributed by atoms with van der Waals surface area (Å²) in [7, 11) is 1.63. The Morgan fingerprint density at radius 3 is 2.69 bits per heavy atom. The molecule has 0 unspecified atom stereocenters. The lowest BCUT2D eigenvalue weighted by atomic mass is 10.1. The van der Waals surface area contributed by atoms with Crippen molar-refractivity contribution < 1.29 is 14.3 Å². The average Bonchev–Trinajstić information content (AvgIpc) is 3.11. The lowest BCUT2D eigenvalue weighted by molar-refractivity contribution is 0.200. The number of nitrogens with one attached hydrogen (secondary N) is 1. The third kappa shape index (κ3) is 5.51. The van der Waals surface area contributed by atoms with Crippen LogP contribution in [0.15, 0.2) is 54.7 Å². The first-order chi connectivity index (χ1) is 14.1. The quantitative estimate of drug-likeness (QED) is 0.575. The summed E-state index contributed by atoms with van der Waals surface area (Å²) in [6.07, 6.45) is 3.38. The highest BCUT2D eigenvalue weighted by molar-refractivity contribution is 6.30. The molecule has 0 radical (unpaired) electrons. The molecular weight excluding hydrogens is 390 g/mol. The molecule has 1 heterocycles. The van der Waals surface area contributed by atoms with E-state index in [4.69, 9.17) is 21.1 Å². The van der Waals surface area contributed by atoms with Crippen LogP contribution in [0.4, 0.5) is 4.79 Å². The summed E-state index contributed by atoms with van der Waals surface area (Å²) in [6.45, 7) is 2.53. The fraction of sp³-hybridized carbons (Fsp3) is 0.273. The van der Waals surface area contributed by atoms with Gasteiger partial charge in [-0.2, -0.15) is 5.10 Å². The minimum atomic E-state index is -0.499. The van der Waals surface area contributed by atoms with E-state index < -0.39 is 6.09 Å². The predicted molar refractivity (Wildman–Crippen MR) is 113 cm³/mol. The average molecular weight is 414 g/mol. The minimum absolute atomic E-state index is 0.459. The van der Waals surface area contributed by atoms with E-state index in [1.807, 2.05) is 36.4 Å². The van der Waals surface area contributed by atoms with Crippen molar-refractivity contribution in [3.05, 3.63) is 71.0 Å². The van der Waals surface area contributed by atoms with E-state index in [-0.39, 0.29) is 0 Å². The van der Waals surface area contributed by atoms with Gasteiger partial charge in [0.1, 0.15) is 5.75 Å². The van der Waals surface area contributed by atoms with Crippen LogP contribution in [-0.2, 0) is 12.8 Å². The maximum absolute atomic E-state index is 12.3. The molecule has 152 valence electrons. The second kappa shape index (κ2) is 9.98. The Kier molecular flexibility index (Phi) is 7.14. The van der Waals surface area contributed by atoms with Crippen LogP contribution in [-0.4, -0.2) is 29.5 Å². The van der Waals surface area contributed by atoms with E-state index in [1.165, 1.54) is 0 Å². The summed E-state index contributed by atoms with van der Waals surface area (Å²) < 4.78 is 12.5. The molecule has 0 saturated heterocycles. The summed E-state index contributed by atoms with van der Waals surface area (Å²) in [5.74, 6) is 1.25. The van der Waals surface area contributed by atoms with Crippen LogP contribution in [0.3, 0.4) is 0 Å². The molecule has 6 nitrogen and oxygen atoms in total. The van der Waals surface area contributed by atoms with Crippen LogP contribution in [0, 0.1) is 0 Å². The van der Waals surface area contributed by atoms with Gasteiger partial charge in [-0.25, -0.2) is 9.48 Å². The van der Waals surface area contributed by atoms with Gasteiger partial charge in [-0.15, -0.1) is 0 Å². The number of rotatable bonds is 8. The van der Waals surface area contributed by atoms with Crippen LogP contribution in [0.25, 0.3) is 5.69 Å². The zero-order chi connectivity index (χ0) is 20.6. The Balaban J connectivity index is 1.62. The number of amides is 1. The molecule has 2 aromatic carbocycles. The zero-order valence-electron chi connectivity index (χ0n) is 16.5. The van der Waals surface area contributed by atoms with Crippen LogP contribution >= 0.6 is 11.6 Å². The van der Waals surface area contributed by atoms with Gasteiger partial charge in [-0.3, -0.25) is 0 Å². The van der Waals surface area contributed by atoms with Crippen LogP contribution in [0.2, 0.25) is 5.02 Å². The number of nitrogens with zero attached hydrogens (tertiary/aromatic N) is 2. The highest BCUT2D eigenvalue weighted by atomic mass is 35.5. The third-order valence-electron chi connectivity index (χ3n) is 4.41. The Hall–Kier alpha value is -2.99. The molecule has 0 aliphatic carbocycles. The number of halogens is 1. The first-order valence-corrected chi connectivity index (χ1v) is 9.90. The number of methoxy groups -OCH3 is 1. The van der Waals surface area contributed by atoms with Gasteiger partial charge < -0.3 is 14.8 Å². The Morgan fingerprint density at radius 1 is 1.17 bits per heavy atom. The molecule has 0 aliphatic heterocycles. The molecule has 0 bridgehead atoms. The van der Waals surface area contributed by atoms with E-state index >= 15 is 0 Å². The van der Waals surface area contributed by atoms with Gasteiger partial charge in [0.25, 0.3) is 0 Å². The minimum Gasteiger partial charge on any atom is -0.497 e. The Labute approximate surface area is 175 Å². The van der Waals surface area contributed by atoms with E-state index in [9.17, 15) is 4.79 Å². The molecule has 0 spiro atoms. The van der Waals surface area contributed by atoms with Crippen molar-refractivity contribution in [2.75, 3.05) is 13.7 Å². The summed E-state index contributed by atoms with van der Waals surface area (Å²) in [6, 6.07) is 15.1. The summed E-state index contributed by atoms with van der Waals surface area (Å²) >= 11 is 5.97. The SMILES string of the molecule is CCCc1c(OC(=O)NCCc2cccc(OC)c2)cnn1-c1ccc(Cl)cc1. The second-order valence-corrected chi connectivity index (χ2v) is 6.95. The van der Waals surface area contributed by atoms with Crippen molar-refractivity contribution in [1.29, 1.82) is 0 Å². The number of hydrogen-bond donors (Lipinski definition) is 1. The molecule has 1 N–H and O–H groups in total. The predicted octanol–water partition coefficient (Wildman–Crippen LogP) is 4.82. The third-order valence-corrected chi connectivity index (χ3v) is 4.66. The highest BCUT2D eigenvalue weighted by Crippen LogP contribution is 2.24. The van der Waals surface area contributed by atoms with Crippen molar-refractivity contribution in [1.82, 2.24) is 15.1 Å². The van der Waals surface area contributed by atoms with Gasteiger partial charge >= 0.3 is 6.09 Å². The van der Waals surface area contributed by atoms with E-state index in [0.29, 0.717) is 23.7 Å². The van der Waals surface area contributed by atoms with Crippen LogP contribution in [0.1, 0.15) is 24.6 Å². The zero-order valence-corrected chi connectivity index (χ0v) is 17.3. The monoisotopic (exact) mass is 413 g/mol. The normalized spacial score (nSPS) is 10.6. The Bertz CT molecular complexity index is 954. The lowest BCUT2D eigenvalue weighted by Gasteiger charge is -2.10. The largest absolute Gasteiger partial charge is 0.497 e. The molecule has 3 rings (SSSR count). The van der Waals surface area contributed by atoms with Crippen molar-refractivity contribution in [3.8, 4) is 17.2 Å². The number of carbonyl (C=O) groups excluding carboxylic acids is 1. The number of aromatic nitrogens is 2. The first kappa shape index (κ1) is 20.7. The van der Waals surface area contributed by atoms with E-state index in [0.717, 1.165) is 35.5 Å². The van der Waals surface area contributed by atoms with Crippen molar-refractivity contribution in [2.24, 2.45) is 0 Å².